The van der Waals surface area contributed by atoms with Crippen molar-refractivity contribution in [3.05, 3.63) is 29.3 Å². The van der Waals surface area contributed by atoms with E-state index in [0.717, 1.165) is 25.7 Å². The maximum Gasteiger partial charge on any atom is 0.335 e. The molecular formula is C19H24N2O5. The Labute approximate surface area is 152 Å². The van der Waals surface area contributed by atoms with Gasteiger partial charge in [0.25, 0.3) is 0 Å². The van der Waals surface area contributed by atoms with Crippen molar-refractivity contribution in [1.82, 2.24) is 4.90 Å². The highest BCUT2D eigenvalue weighted by Gasteiger charge is 2.36. The third-order valence-electron chi connectivity index (χ3n) is 4.85. The molecule has 7 heteroatoms. The fourth-order valence-corrected chi connectivity index (χ4v) is 3.36. The molecule has 7 nitrogen and oxygen atoms in total. The molecule has 0 bridgehead atoms. The van der Waals surface area contributed by atoms with Crippen molar-refractivity contribution >= 4 is 23.5 Å². The van der Waals surface area contributed by atoms with E-state index in [-0.39, 0.29) is 35.8 Å². The number of aromatic carboxylic acids is 1. The molecule has 1 heterocycles. The molecule has 1 unspecified atom stereocenters. The lowest BCUT2D eigenvalue weighted by Crippen LogP contribution is -2.44. The smallest absolute Gasteiger partial charge is 0.335 e. The maximum absolute atomic E-state index is 12.6. The summed E-state index contributed by atoms with van der Waals surface area (Å²) < 4.78 is 5.06. The van der Waals surface area contributed by atoms with E-state index in [9.17, 15) is 19.5 Å². The van der Waals surface area contributed by atoms with Gasteiger partial charge in [0.05, 0.1) is 18.1 Å². The first kappa shape index (κ1) is 18.4. The summed E-state index contributed by atoms with van der Waals surface area (Å²) in [5.41, 5.74) is 1.22. The number of methoxy groups -OCH3 is 1. The second kappa shape index (κ2) is 7.86. The molecule has 2 amide bonds. The van der Waals surface area contributed by atoms with Crippen molar-refractivity contribution in [2.45, 2.75) is 32.3 Å². The Balaban J connectivity index is 1.68. The largest absolute Gasteiger partial charge is 0.478 e. The van der Waals surface area contributed by atoms with Gasteiger partial charge in [0, 0.05) is 31.8 Å². The highest BCUT2D eigenvalue weighted by atomic mass is 16.5. The summed E-state index contributed by atoms with van der Waals surface area (Å²) in [6.07, 6.45) is 3.44. The number of hydrogen-bond acceptors (Lipinski definition) is 4. The number of benzene rings is 1. The predicted octanol–water partition coefficient (Wildman–Crippen LogP) is 2.12. The second-order valence-corrected chi connectivity index (χ2v) is 7.04. The molecule has 1 atom stereocenters. The molecule has 1 saturated heterocycles. The van der Waals surface area contributed by atoms with Crippen LogP contribution in [0.4, 0.5) is 5.69 Å². The average Bonchev–Trinajstić information content (AvgIpc) is 3.46. The lowest BCUT2D eigenvalue weighted by atomic mass is 9.96. The standard InChI is InChI=1S/C19H24N2O5/c1-26-11-12-7-15(19(24)25)9-16(8-12)20-17(22)14-3-2-6-21(10-14)18(23)13-4-5-13/h7-9,13-14H,2-6,10-11H2,1H3,(H,20,22)(H,24,25). The van der Waals surface area contributed by atoms with Crippen molar-refractivity contribution in [2.24, 2.45) is 11.8 Å². The first-order chi connectivity index (χ1) is 12.5. The summed E-state index contributed by atoms with van der Waals surface area (Å²) in [7, 11) is 1.53. The lowest BCUT2D eigenvalue weighted by Gasteiger charge is -2.32. The van der Waals surface area contributed by atoms with Crippen LogP contribution in [-0.2, 0) is 20.9 Å². The number of carboxylic acids is 1. The van der Waals surface area contributed by atoms with Crippen molar-refractivity contribution in [1.29, 1.82) is 0 Å². The Morgan fingerprint density at radius 1 is 1.19 bits per heavy atom. The van der Waals surface area contributed by atoms with Crippen LogP contribution >= 0.6 is 0 Å². The molecule has 1 aliphatic carbocycles. The Hall–Kier alpha value is -2.41. The Kier molecular flexibility index (Phi) is 5.56. The molecule has 1 aliphatic heterocycles. The summed E-state index contributed by atoms with van der Waals surface area (Å²) in [5.74, 6) is -1.19. The van der Waals surface area contributed by atoms with E-state index in [1.54, 1.807) is 11.0 Å². The monoisotopic (exact) mass is 360 g/mol. The minimum absolute atomic E-state index is 0.101. The van der Waals surface area contributed by atoms with Gasteiger partial charge in [-0.1, -0.05) is 0 Å². The van der Waals surface area contributed by atoms with Gasteiger partial charge in [0.1, 0.15) is 0 Å². The molecule has 26 heavy (non-hydrogen) atoms. The summed E-state index contributed by atoms with van der Waals surface area (Å²) >= 11 is 0. The number of rotatable bonds is 6. The molecule has 0 aromatic heterocycles. The molecule has 3 rings (SSSR count). The van der Waals surface area contributed by atoms with Gasteiger partial charge in [-0.15, -0.1) is 0 Å². The zero-order chi connectivity index (χ0) is 18.7. The Bertz CT molecular complexity index is 714. The first-order valence-electron chi connectivity index (χ1n) is 8.93. The van der Waals surface area contributed by atoms with Crippen molar-refractivity contribution in [3.8, 4) is 0 Å². The van der Waals surface area contributed by atoms with Crippen molar-refractivity contribution < 1.29 is 24.2 Å². The fourth-order valence-electron chi connectivity index (χ4n) is 3.36. The molecule has 2 aliphatic rings. The molecule has 0 radical (unpaired) electrons. The minimum Gasteiger partial charge on any atom is -0.478 e. The highest BCUT2D eigenvalue weighted by Crippen LogP contribution is 2.32. The Morgan fingerprint density at radius 2 is 1.96 bits per heavy atom. The molecule has 1 aromatic rings. The number of piperidine rings is 1. The number of nitrogens with one attached hydrogen (secondary N) is 1. The van der Waals surface area contributed by atoms with Gasteiger partial charge >= 0.3 is 5.97 Å². The van der Waals surface area contributed by atoms with E-state index in [1.807, 2.05) is 0 Å². The van der Waals surface area contributed by atoms with Gasteiger partial charge < -0.3 is 20.1 Å². The first-order valence-corrected chi connectivity index (χ1v) is 8.93. The number of carbonyl (C=O) groups excluding carboxylic acids is 2. The summed E-state index contributed by atoms with van der Waals surface area (Å²) in [5, 5.41) is 12.1. The summed E-state index contributed by atoms with van der Waals surface area (Å²) in [6, 6.07) is 4.68. The van der Waals surface area contributed by atoms with Crippen LogP contribution in [-0.4, -0.2) is 48.0 Å². The van der Waals surface area contributed by atoms with Crippen molar-refractivity contribution in [2.75, 3.05) is 25.5 Å². The van der Waals surface area contributed by atoms with Crippen LogP contribution in [0, 0.1) is 11.8 Å². The zero-order valence-corrected chi connectivity index (χ0v) is 14.9. The molecule has 2 fully saturated rings. The normalized spacial score (nSPS) is 19.9. The third-order valence-corrected chi connectivity index (χ3v) is 4.85. The minimum atomic E-state index is -1.06. The van der Waals surface area contributed by atoms with E-state index in [4.69, 9.17) is 4.74 Å². The zero-order valence-electron chi connectivity index (χ0n) is 14.9. The molecule has 0 spiro atoms. The molecule has 2 N–H and O–H groups in total. The number of carbonyl (C=O) groups is 3. The van der Waals surface area contributed by atoms with Gasteiger partial charge in [0.15, 0.2) is 0 Å². The van der Waals surface area contributed by atoms with E-state index in [0.29, 0.717) is 24.3 Å². The number of hydrogen-bond donors (Lipinski definition) is 2. The fraction of sp³-hybridized carbons (Fsp3) is 0.526. The van der Waals surface area contributed by atoms with Gasteiger partial charge in [-0.3, -0.25) is 9.59 Å². The third kappa shape index (κ3) is 4.40. The maximum atomic E-state index is 12.6. The number of ether oxygens (including phenoxy) is 1. The van der Waals surface area contributed by atoms with E-state index in [1.165, 1.54) is 19.2 Å². The van der Waals surface area contributed by atoms with Crippen LogP contribution in [0.3, 0.4) is 0 Å². The van der Waals surface area contributed by atoms with E-state index < -0.39 is 5.97 Å². The summed E-state index contributed by atoms with van der Waals surface area (Å²) in [6.45, 7) is 1.41. The average molecular weight is 360 g/mol. The number of anilines is 1. The van der Waals surface area contributed by atoms with Crippen molar-refractivity contribution in [3.63, 3.8) is 0 Å². The number of likely N-dealkylation sites (tertiary alicyclic amines) is 1. The topological polar surface area (TPSA) is 95.9 Å². The quantitative estimate of drug-likeness (QED) is 0.810. The van der Waals surface area contributed by atoms with Gasteiger partial charge in [-0.25, -0.2) is 4.79 Å². The second-order valence-electron chi connectivity index (χ2n) is 7.04. The summed E-state index contributed by atoms with van der Waals surface area (Å²) in [4.78, 5) is 38.0. The lowest BCUT2D eigenvalue weighted by molar-refractivity contribution is -0.135. The number of amides is 2. The highest BCUT2D eigenvalue weighted by molar-refractivity contribution is 5.95. The Morgan fingerprint density at radius 3 is 2.62 bits per heavy atom. The molecular weight excluding hydrogens is 336 g/mol. The molecule has 1 saturated carbocycles. The molecule has 1 aromatic carbocycles. The van der Waals surface area contributed by atoms with Crippen LogP contribution in [0.2, 0.25) is 0 Å². The molecule has 140 valence electrons. The number of nitrogens with zero attached hydrogens (tertiary/aromatic N) is 1. The van der Waals surface area contributed by atoms with Gasteiger partial charge in [0.2, 0.25) is 11.8 Å². The van der Waals surface area contributed by atoms with Gasteiger partial charge in [-0.05, 0) is 49.4 Å². The van der Waals surface area contributed by atoms with Crippen LogP contribution in [0.1, 0.15) is 41.6 Å². The van der Waals surface area contributed by atoms with Crippen LogP contribution in [0.5, 0.6) is 0 Å². The SMILES string of the molecule is COCc1cc(NC(=O)C2CCCN(C(=O)C3CC3)C2)cc(C(=O)O)c1. The number of carboxylic acid groups (broad SMARTS) is 1. The van der Waals surface area contributed by atoms with Crippen LogP contribution in [0.25, 0.3) is 0 Å². The van der Waals surface area contributed by atoms with E-state index in [2.05, 4.69) is 5.32 Å². The van der Waals surface area contributed by atoms with Crippen LogP contribution in [0.15, 0.2) is 18.2 Å². The van der Waals surface area contributed by atoms with Crippen LogP contribution < -0.4 is 5.32 Å². The van der Waals surface area contributed by atoms with E-state index >= 15 is 0 Å². The predicted molar refractivity (Wildman–Crippen MR) is 94.8 cm³/mol. The van der Waals surface area contributed by atoms with Gasteiger partial charge in [-0.2, -0.15) is 0 Å².